The van der Waals surface area contributed by atoms with E-state index >= 15 is 0 Å². The van der Waals surface area contributed by atoms with Gasteiger partial charge in [-0.3, -0.25) is 0 Å². The molecular formula is C11H10N2O. The zero-order valence-corrected chi connectivity index (χ0v) is 7.63. The highest BCUT2D eigenvalue weighted by atomic mass is 16.6. The van der Waals surface area contributed by atoms with Gasteiger partial charge in [0.15, 0.2) is 0 Å². The number of para-hydroxylation sites is 1. The van der Waals surface area contributed by atoms with Gasteiger partial charge in [-0.25, -0.2) is 4.68 Å². The van der Waals surface area contributed by atoms with E-state index in [9.17, 15) is 0 Å². The first-order valence-electron chi connectivity index (χ1n) is 4.65. The van der Waals surface area contributed by atoms with Crippen molar-refractivity contribution in [3.8, 4) is 5.69 Å². The molecule has 1 aromatic heterocycles. The quantitative estimate of drug-likeness (QED) is 0.671. The van der Waals surface area contributed by atoms with E-state index in [1.165, 1.54) is 0 Å². The van der Waals surface area contributed by atoms with Gasteiger partial charge in [0.05, 0.1) is 18.5 Å². The van der Waals surface area contributed by atoms with Crippen molar-refractivity contribution in [2.75, 3.05) is 6.61 Å². The Labute approximate surface area is 81.9 Å². The van der Waals surface area contributed by atoms with Crippen LogP contribution in [0, 0.1) is 0 Å². The molecule has 1 aliphatic rings. The minimum absolute atomic E-state index is 0.285. The zero-order chi connectivity index (χ0) is 9.38. The predicted molar refractivity (Wildman–Crippen MR) is 52.3 cm³/mol. The van der Waals surface area contributed by atoms with Gasteiger partial charge >= 0.3 is 0 Å². The molecule has 0 aliphatic carbocycles. The van der Waals surface area contributed by atoms with Crippen LogP contribution in [-0.2, 0) is 4.74 Å². The molecule has 0 spiro atoms. The van der Waals surface area contributed by atoms with Crippen molar-refractivity contribution >= 4 is 0 Å². The largest absolute Gasteiger partial charge is 0.368 e. The van der Waals surface area contributed by atoms with Gasteiger partial charge in [-0.2, -0.15) is 5.10 Å². The van der Waals surface area contributed by atoms with Gasteiger partial charge in [0.25, 0.3) is 0 Å². The Bertz CT molecular complexity index is 432. The molecule has 1 atom stereocenters. The van der Waals surface area contributed by atoms with Crippen molar-refractivity contribution < 1.29 is 4.74 Å². The third-order valence-corrected chi connectivity index (χ3v) is 2.33. The van der Waals surface area contributed by atoms with Gasteiger partial charge in [0.1, 0.15) is 6.10 Å². The summed E-state index contributed by atoms with van der Waals surface area (Å²) in [5.41, 5.74) is 2.24. The fraction of sp³-hybridized carbons (Fsp3) is 0.182. The van der Waals surface area contributed by atoms with Crippen molar-refractivity contribution in [2.45, 2.75) is 6.10 Å². The van der Waals surface area contributed by atoms with Crippen LogP contribution in [0.15, 0.2) is 42.7 Å². The van der Waals surface area contributed by atoms with Crippen LogP contribution < -0.4 is 0 Å². The summed E-state index contributed by atoms with van der Waals surface area (Å²) in [6, 6.07) is 10.1. The molecule has 70 valence electrons. The SMILES string of the molecule is c1ccc(-n2cc([C@@H]3CO3)cn2)cc1. The number of aromatic nitrogens is 2. The minimum Gasteiger partial charge on any atom is -0.368 e. The smallest absolute Gasteiger partial charge is 0.109 e. The lowest BCUT2D eigenvalue weighted by molar-refractivity contribution is 0.415. The zero-order valence-electron chi connectivity index (χ0n) is 7.63. The van der Waals surface area contributed by atoms with E-state index in [1.54, 1.807) is 0 Å². The van der Waals surface area contributed by atoms with Gasteiger partial charge in [-0.15, -0.1) is 0 Å². The van der Waals surface area contributed by atoms with E-state index in [1.807, 2.05) is 47.4 Å². The van der Waals surface area contributed by atoms with Gasteiger partial charge in [-0.1, -0.05) is 18.2 Å². The lowest BCUT2D eigenvalue weighted by Crippen LogP contribution is -1.92. The van der Waals surface area contributed by atoms with E-state index in [-0.39, 0.29) is 6.10 Å². The molecule has 0 radical (unpaired) electrons. The first-order chi connectivity index (χ1) is 6.93. The van der Waals surface area contributed by atoms with Crippen LogP contribution >= 0.6 is 0 Å². The topological polar surface area (TPSA) is 30.4 Å². The number of hydrogen-bond acceptors (Lipinski definition) is 2. The Morgan fingerprint density at radius 2 is 2.07 bits per heavy atom. The molecule has 0 bridgehead atoms. The maximum atomic E-state index is 5.19. The third kappa shape index (κ3) is 1.32. The summed E-state index contributed by atoms with van der Waals surface area (Å²) >= 11 is 0. The second-order valence-corrected chi connectivity index (χ2v) is 3.38. The number of benzene rings is 1. The third-order valence-electron chi connectivity index (χ3n) is 2.33. The number of epoxide rings is 1. The molecular weight excluding hydrogens is 176 g/mol. The Kier molecular flexibility index (Phi) is 1.64. The van der Waals surface area contributed by atoms with Crippen LogP contribution in [0.25, 0.3) is 5.69 Å². The van der Waals surface area contributed by atoms with Crippen LogP contribution in [0.1, 0.15) is 11.7 Å². The molecule has 0 N–H and O–H groups in total. The summed E-state index contributed by atoms with van der Waals surface area (Å²) in [5.74, 6) is 0. The maximum Gasteiger partial charge on any atom is 0.109 e. The van der Waals surface area contributed by atoms with E-state index in [4.69, 9.17) is 4.74 Å². The number of rotatable bonds is 2. The molecule has 2 heterocycles. The highest BCUT2D eigenvalue weighted by Gasteiger charge is 2.26. The first kappa shape index (κ1) is 7.76. The number of nitrogens with zero attached hydrogens (tertiary/aromatic N) is 2. The van der Waals surface area contributed by atoms with Gasteiger partial charge in [0, 0.05) is 11.8 Å². The standard InChI is InChI=1S/C11H10N2O/c1-2-4-10(5-3-1)13-7-9(6-12-13)11-8-14-11/h1-7,11H,8H2/t11-/m0/s1. The Balaban J connectivity index is 1.96. The average Bonchev–Trinajstić information content (AvgIpc) is 2.98. The van der Waals surface area contributed by atoms with Crippen LogP contribution in [0.3, 0.4) is 0 Å². The fourth-order valence-corrected chi connectivity index (χ4v) is 1.47. The Morgan fingerprint density at radius 1 is 1.29 bits per heavy atom. The molecule has 2 aromatic rings. The fourth-order valence-electron chi connectivity index (χ4n) is 1.47. The summed E-state index contributed by atoms with van der Waals surface area (Å²) in [6.45, 7) is 0.834. The molecule has 3 heteroatoms. The van der Waals surface area contributed by atoms with E-state index in [2.05, 4.69) is 5.10 Å². The molecule has 1 saturated heterocycles. The minimum atomic E-state index is 0.285. The summed E-state index contributed by atoms with van der Waals surface area (Å²) in [5, 5.41) is 4.28. The lowest BCUT2D eigenvalue weighted by Gasteiger charge is -1.98. The van der Waals surface area contributed by atoms with Crippen LogP contribution in [-0.4, -0.2) is 16.4 Å². The van der Waals surface area contributed by atoms with Gasteiger partial charge in [0.2, 0.25) is 0 Å². The van der Waals surface area contributed by atoms with Crippen molar-refractivity contribution in [2.24, 2.45) is 0 Å². The molecule has 3 rings (SSSR count). The maximum absolute atomic E-state index is 5.19. The molecule has 0 unspecified atom stereocenters. The highest BCUT2D eigenvalue weighted by molar-refractivity contribution is 5.31. The molecule has 1 fully saturated rings. The molecule has 1 aliphatic heterocycles. The summed E-state index contributed by atoms with van der Waals surface area (Å²) in [4.78, 5) is 0. The molecule has 3 nitrogen and oxygen atoms in total. The lowest BCUT2D eigenvalue weighted by atomic mass is 10.3. The first-order valence-corrected chi connectivity index (χ1v) is 4.65. The molecule has 0 amide bonds. The summed E-state index contributed by atoms with van der Waals surface area (Å²) < 4.78 is 7.06. The van der Waals surface area contributed by atoms with E-state index in [0.29, 0.717) is 0 Å². The summed E-state index contributed by atoms with van der Waals surface area (Å²) in [6.07, 6.45) is 4.17. The monoisotopic (exact) mass is 186 g/mol. The Morgan fingerprint density at radius 3 is 2.79 bits per heavy atom. The highest BCUT2D eigenvalue weighted by Crippen LogP contribution is 2.29. The normalized spacial score (nSPS) is 19.6. The Hall–Kier alpha value is -1.61. The van der Waals surface area contributed by atoms with Crippen LogP contribution in [0.4, 0.5) is 0 Å². The van der Waals surface area contributed by atoms with E-state index in [0.717, 1.165) is 17.9 Å². The predicted octanol–water partition coefficient (Wildman–Crippen LogP) is 1.94. The molecule has 0 saturated carbocycles. The van der Waals surface area contributed by atoms with Crippen molar-refractivity contribution in [3.63, 3.8) is 0 Å². The number of ether oxygens (including phenoxy) is 1. The van der Waals surface area contributed by atoms with Gasteiger partial charge in [-0.05, 0) is 12.1 Å². The molecule has 1 aromatic carbocycles. The second kappa shape index (κ2) is 2.96. The number of hydrogen-bond donors (Lipinski definition) is 0. The molecule has 14 heavy (non-hydrogen) atoms. The average molecular weight is 186 g/mol. The van der Waals surface area contributed by atoms with Crippen molar-refractivity contribution in [3.05, 3.63) is 48.3 Å². The summed E-state index contributed by atoms with van der Waals surface area (Å²) in [7, 11) is 0. The van der Waals surface area contributed by atoms with Crippen molar-refractivity contribution in [1.82, 2.24) is 9.78 Å². The van der Waals surface area contributed by atoms with E-state index < -0.39 is 0 Å². The second-order valence-electron chi connectivity index (χ2n) is 3.38. The van der Waals surface area contributed by atoms with Crippen molar-refractivity contribution in [1.29, 1.82) is 0 Å². The van der Waals surface area contributed by atoms with Crippen LogP contribution in [0.2, 0.25) is 0 Å². The van der Waals surface area contributed by atoms with Crippen LogP contribution in [0.5, 0.6) is 0 Å². The van der Waals surface area contributed by atoms with Gasteiger partial charge < -0.3 is 4.74 Å².